The van der Waals surface area contributed by atoms with Gasteiger partial charge in [0.15, 0.2) is 0 Å². The summed E-state index contributed by atoms with van der Waals surface area (Å²) < 4.78 is 11.5. The molecular formula is C34H52N2O4. The Morgan fingerprint density at radius 3 is 1.23 bits per heavy atom. The molecule has 2 amide bonds. The zero-order chi connectivity index (χ0) is 28.7. The number of benzene rings is 2. The van der Waals surface area contributed by atoms with Crippen LogP contribution in [-0.2, 0) is 9.59 Å². The fourth-order valence-electron chi connectivity index (χ4n) is 4.43. The molecule has 0 aromatic heterocycles. The molecular weight excluding hydrogens is 500 g/mol. The number of unbranched alkanes of at least 4 members (excludes halogenated alkanes) is 11. The molecule has 2 aromatic rings. The summed E-state index contributed by atoms with van der Waals surface area (Å²) in [5.41, 5.74) is 1.62. The number of amides is 2. The molecule has 0 fully saturated rings. The number of rotatable bonds is 23. The molecule has 0 bridgehead atoms. The molecule has 0 saturated carbocycles. The van der Waals surface area contributed by atoms with Crippen molar-refractivity contribution < 1.29 is 19.1 Å². The Morgan fingerprint density at radius 2 is 0.850 bits per heavy atom. The highest BCUT2D eigenvalue weighted by atomic mass is 16.5. The van der Waals surface area contributed by atoms with Gasteiger partial charge in [-0.15, -0.1) is 0 Å². The smallest absolute Gasteiger partial charge is 0.224 e. The van der Waals surface area contributed by atoms with Crippen molar-refractivity contribution in [3.63, 3.8) is 0 Å². The van der Waals surface area contributed by atoms with E-state index in [2.05, 4.69) is 24.5 Å². The maximum atomic E-state index is 12.2. The Kier molecular flexibility index (Phi) is 18.1. The van der Waals surface area contributed by atoms with E-state index in [0.29, 0.717) is 12.8 Å². The van der Waals surface area contributed by atoms with Gasteiger partial charge < -0.3 is 20.1 Å². The van der Waals surface area contributed by atoms with Gasteiger partial charge in [0.1, 0.15) is 11.5 Å². The van der Waals surface area contributed by atoms with Crippen molar-refractivity contribution in [3.05, 3.63) is 48.5 Å². The number of nitrogens with one attached hydrogen (secondary N) is 2. The summed E-state index contributed by atoms with van der Waals surface area (Å²) in [5, 5.41) is 5.94. The van der Waals surface area contributed by atoms with E-state index in [1.807, 2.05) is 48.5 Å². The number of carbonyl (C=O) groups excluding carboxylic acids is 2. The molecule has 0 aliphatic rings. The molecule has 0 spiro atoms. The van der Waals surface area contributed by atoms with E-state index in [-0.39, 0.29) is 11.8 Å². The Bertz CT molecular complexity index is 850. The quantitative estimate of drug-likeness (QED) is 0.135. The first-order valence-corrected chi connectivity index (χ1v) is 15.7. The number of anilines is 2. The van der Waals surface area contributed by atoms with Gasteiger partial charge in [0.2, 0.25) is 11.8 Å². The number of hydrogen-bond donors (Lipinski definition) is 2. The second-order valence-electron chi connectivity index (χ2n) is 10.6. The number of carbonyl (C=O) groups is 2. The van der Waals surface area contributed by atoms with E-state index in [0.717, 1.165) is 87.5 Å². The summed E-state index contributed by atoms with van der Waals surface area (Å²) in [6.07, 6.45) is 16.5. The zero-order valence-corrected chi connectivity index (χ0v) is 25.0. The first-order valence-electron chi connectivity index (χ1n) is 15.7. The molecule has 2 aromatic carbocycles. The van der Waals surface area contributed by atoms with Crippen molar-refractivity contribution in [2.75, 3.05) is 23.8 Å². The first-order chi connectivity index (χ1) is 19.6. The largest absolute Gasteiger partial charge is 0.494 e. The van der Waals surface area contributed by atoms with Crippen LogP contribution in [0.4, 0.5) is 11.4 Å². The van der Waals surface area contributed by atoms with E-state index in [4.69, 9.17) is 9.47 Å². The minimum Gasteiger partial charge on any atom is -0.494 e. The molecule has 6 nitrogen and oxygen atoms in total. The SMILES string of the molecule is CCCCCCOc1ccc(NC(=O)CCCCCCCCC(=O)Nc2ccc(OCCCCCC)cc2)cc1. The average Bonchev–Trinajstić information content (AvgIpc) is 2.96. The molecule has 0 heterocycles. The lowest BCUT2D eigenvalue weighted by Crippen LogP contribution is -2.11. The molecule has 6 heteroatoms. The third-order valence-corrected chi connectivity index (χ3v) is 6.87. The van der Waals surface area contributed by atoms with E-state index < -0.39 is 0 Å². The second kappa shape index (κ2) is 21.8. The van der Waals surface area contributed by atoms with Crippen molar-refractivity contribution >= 4 is 23.2 Å². The molecule has 40 heavy (non-hydrogen) atoms. The average molecular weight is 553 g/mol. The van der Waals surface area contributed by atoms with Crippen molar-refractivity contribution in [2.45, 2.75) is 117 Å². The molecule has 0 radical (unpaired) electrons. The Balaban J connectivity index is 1.45. The summed E-state index contributed by atoms with van der Waals surface area (Å²) in [6, 6.07) is 15.2. The monoisotopic (exact) mass is 552 g/mol. The van der Waals surface area contributed by atoms with Crippen LogP contribution < -0.4 is 20.1 Å². The van der Waals surface area contributed by atoms with Gasteiger partial charge in [-0.05, 0) is 74.2 Å². The summed E-state index contributed by atoms with van der Waals surface area (Å²) in [4.78, 5) is 24.5. The van der Waals surface area contributed by atoms with Gasteiger partial charge in [0.05, 0.1) is 13.2 Å². The molecule has 0 aliphatic carbocycles. The van der Waals surface area contributed by atoms with Gasteiger partial charge in [-0.25, -0.2) is 0 Å². The van der Waals surface area contributed by atoms with Crippen LogP contribution >= 0.6 is 0 Å². The Hall–Kier alpha value is -3.02. The third-order valence-electron chi connectivity index (χ3n) is 6.87. The number of ether oxygens (including phenoxy) is 2. The first kappa shape index (κ1) is 33.2. The predicted octanol–water partition coefficient (Wildman–Crippen LogP) is 9.30. The standard InChI is InChI=1S/C34H52N2O4/c1-3-5-7-15-27-39-31-23-19-29(20-24-31)35-33(37)17-13-11-9-10-12-14-18-34(38)36-30-21-25-32(26-22-30)40-28-16-8-6-4-2/h19-26H,3-18,27-28H2,1-2H3,(H,35,37)(H,36,38). The van der Waals surface area contributed by atoms with Crippen LogP contribution in [0.15, 0.2) is 48.5 Å². The normalized spacial score (nSPS) is 10.8. The van der Waals surface area contributed by atoms with Gasteiger partial charge in [-0.2, -0.15) is 0 Å². The minimum absolute atomic E-state index is 0.0523. The van der Waals surface area contributed by atoms with Crippen molar-refractivity contribution in [2.24, 2.45) is 0 Å². The lowest BCUT2D eigenvalue weighted by Gasteiger charge is -2.09. The van der Waals surface area contributed by atoms with E-state index in [1.54, 1.807) is 0 Å². The molecule has 2 N–H and O–H groups in total. The summed E-state index contributed by atoms with van der Waals surface area (Å²) in [7, 11) is 0. The second-order valence-corrected chi connectivity index (χ2v) is 10.6. The van der Waals surface area contributed by atoms with E-state index >= 15 is 0 Å². The highest BCUT2D eigenvalue weighted by molar-refractivity contribution is 5.91. The zero-order valence-electron chi connectivity index (χ0n) is 25.0. The third kappa shape index (κ3) is 16.2. The van der Waals surface area contributed by atoms with E-state index in [1.165, 1.54) is 38.5 Å². The highest BCUT2D eigenvalue weighted by Crippen LogP contribution is 2.18. The van der Waals surface area contributed by atoms with Gasteiger partial charge in [-0.1, -0.05) is 78.1 Å². The van der Waals surface area contributed by atoms with Crippen LogP contribution in [0.3, 0.4) is 0 Å². The van der Waals surface area contributed by atoms with Crippen molar-refractivity contribution in [1.29, 1.82) is 0 Å². The maximum Gasteiger partial charge on any atom is 0.224 e. The Labute approximate surface area is 242 Å². The van der Waals surface area contributed by atoms with Gasteiger partial charge in [-0.3, -0.25) is 9.59 Å². The van der Waals surface area contributed by atoms with Gasteiger partial charge >= 0.3 is 0 Å². The van der Waals surface area contributed by atoms with Crippen LogP contribution in [0, 0.1) is 0 Å². The van der Waals surface area contributed by atoms with Crippen molar-refractivity contribution in [1.82, 2.24) is 0 Å². The van der Waals surface area contributed by atoms with Crippen LogP contribution in [0.1, 0.15) is 117 Å². The number of hydrogen-bond acceptors (Lipinski definition) is 4. The van der Waals surface area contributed by atoms with Crippen molar-refractivity contribution in [3.8, 4) is 11.5 Å². The predicted molar refractivity (Wildman–Crippen MR) is 166 cm³/mol. The molecule has 0 atom stereocenters. The van der Waals surface area contributed by atoms with Gasteiger partial charge in [0.25, 0.3) is 0 Å². The summed E-state index contributed by atoms with van der Waals surface area (Å²) in [5.74, 6) is 1.80. The fourth-order valence-corrected chi connectivity index (χ4v) is 4.43. The lowest BCUT2D eigenvalue weighted by molar-refractivity contribution is -0.117. The lowest BCUT2D eigenvalue weighted by atomic mass is 10.1. The van der Waals surface area contributed by atoms with Gasteiger partial charge in [0, 0.05) is 24.2 Å². The fraction of sp³-hybridized carbons (Fsp3) is 0.588. The highest BCUT2D eigenvalue weighted by Gasteiger charge is 2.05. The molecule has 2 rings (SSSR count). The minimum atomic E-state index is 0.0523. The molecule has 0 saturated heterocycles. The summed E-state index contributed by atoms with van der Waals surface area (Å²) >= 11 is 0. The van der Waals surface area contributed by atoms with E-state index in [9.17, 15) is 9.59 Å². The molecule has 222 valence electrons. The van der Waals surface area contributed by atoms with Crippen LogP contribution in [-0.4, -0.2) is 25.0 Å². The molecule has 0 aliphatic heterocycles. The van der Waals surface area contributed by atoms with Crippen LogP contribution in [0.5, 0.6) is 11.5 Å². The summed E-state index contributed by atoms with van der Waals surface area (Å²) in [6.45, 7) is 5.88. The van der Waals surface area contributed by atoms with Crippen LogP contribution in [0.2, 0.25) is 0 Å². The topological polar surface area (TPSA) is 76.7 Å². The Morgan fingerprint density at radius 1 is 0.500 bits per heavy atom. The molecule has 0 unspecified atom stereocenters. The van der Waals surface area contributed by atoms with Crippen LogP contribution in [0.25, 0.3) is 0 Å². The maximum absolute atomic E-state index is 12.2.